The summed E-state index contributed by atoms with van der Waals surface area (Å²) >= 11 is 0. The Bertz CT molecular complexity index is 361. The van der Waals surface area contributed by atoms with Crippen molar-refractivity contribution in [2.45, 2.75) is 0 Å². The van der Waals surface area contributed by atoms with Gasteiger partial charge in [-0.3, -0.25) is 4.68 Å². The van der Waals surface area contributed by atoms with E-state index in [-0.39, 0.29) is 5.95 Å². The third-order valence-electron chi connectivity index (χ3n) is 1.39. The fraction of sp³-hybridized carbons (Fsp3) is 0. The lowest BCUT2D eigenvalue weighted by molar-refractivity contribution is 0.346. The van der Waals surface area contributed by atoms with Gasteiger partial charge in [-0.05, 0) is 0 Å². The summed E-state index contributed by atoms with van der Waals surface area (Å²) in [6.45, 7) is 0. The van der Waals surface area contributed by atoms with Crippen LogP contribution in [0.2, 0.25) is 0 Å². The minimum absolute atomic E-state index is 0.107. The molecule has 2 aromatic heterocycles. The van der Waals surface area contributed by atoms with Crippen LogP contribution in [0.1, 0.15) is 0 Å². The van der Waals surface area contributed by atoms with Crippen LogP contribution in [0.25, 0.3) is 11.1 Å². The van der Waals surface area contributed by atoms with Gasteiger partial charge in [0.1, 0.15) is 5.52 Å². The van der Waals surface area contributed by atoms with Crippen LogP contribution >= 0.6 is 0 Å². The van der Waals surface area contributed by atoms with Crippen molar-refractivity contribution in [3.05, 3.63) is 18.3 Å². The lowest BCUT2D eigenvalue weighted by Crippen LogP contribution is -2.03. The van der Waals surface area contributed by atoms with E-state index in [2.05, 4.69) is 0 Å². The summed E-state index contributed by atoms with van der Waals surface area (Å²) in [6.07, 6.45) is 1.66. The van der Waals surface area contributed by atoms with Gasteiger partial charge in [0.15, 0.2) is 5.58 Å². The Kier molecular flexibility index (Phi) is 0.768. The molecule has 0 saturated carbocycles. The molecule has 0 aliphatic carbocycles. The van der Waals surface area contributed by atoms with Crippen molar-refractivity contribution in [2.24, 2.45) is 0 Å². The Balaban J connectivity index is 2.90. The van der Waals surface area contributed by atoms with Crippen LogP contribution < -0.4 is 5.84 Å². The Morgan fingerprint density at radius 3 is 3.10 bits per heavy atom. The van der Waals surface area contributed by atoms with Gasteiger partial charge in [0, 0.05) is 18.3 Å². The van der Waals surface area contributed by atoms with Crippen LogP contribution in [-0.2, 0) is 0 Å². The maximum atomic E-state index is 8.83. The standard InChI is InChI=1S/C6H6N2O2/c7-8-2-1-5-4(8)3-6(9)10-5/h1-3,9H,7H2. The summed E-state index contributed by atoms with van der Waals surface area (Å²) < 4.78 is 6.23. The topological polar surface area (TPSA) is 64.3 Å². The Morgan fingerprint density at radius 1 is 1.60 bits per heavy atom. The third-order valence-corrected chi connectivity index (χ3v) is 1.39. The van der Waals surface area contributed by atoms with Gasteiger partial charge >= 0.3 is 0 Å². The molecule has 0 radical (unpaired) electrons. The van der Waals surface area contributed by atoms with Crippen molar-refractivity contribution in [3.63, 3.8) is 0 Å². The van der Waals surface area contributed by atoms with Gasteiger partial charge in [0.05, 0.1) is 0 Å². The third kappa shape index (κ3) is 0.500. The normalized spacial score (nSPS) is 10.8. The maximum Gasteiger partial charge on any atom is 0.284 e. The summed E-state index contributed by atoms with van der Waals surface area (Å²) in [4.78, 5) is 0. The lowest BCUT2D eigenvalue weighted by atomic mass is 10.5. The van der Waals surface area contributed by atoms with Crippen LogP contribution in [-0.4, -0.2) is 9.78 Å². The number of aromatic nitrogens is 1. The van der Waals surface area contributed by atoms with E-state index < -0.39 is 0 Å². The first kappa shape index (κ1) is 5.22. The van der Waals surface area contributed by atoms with Crippen LogP contribution in [0.15, 0.2) is 22.7 Å². The highest BCUT2D eigenvalue weighted by Crippen LogP contribution is 2.22. The number of aromatic hydroxyl groups is 1. The molecule has 52 valence electrons. The highest BCUT2D eigenvalue weighted by Gasteiger charge is 2.03. The SMILES string of the molecule is Nn1ccc2oc(O)cc21. The molecule has 2 rings (SSSR count). The van der Waals surface area contributed by atoms with Crippen molar-refractivity contribution in [3.8, 4) is 5.95 Å². The molecule has 0 amide bonds. The zero-order valence-electron chi connectivity index (χ0n) is 5.11. The summed E-state index contributed by atoms with van der Waals surface area (Å²) in [7, 11) is 0. The molecule has 0 unspecified atom stereocenters. The first-order chi connectivity index (χ1) is 4.77. The Labute approximate surface area is 56.4 Å². The van der Waals surface area contributed by atoms with Crippen molar-refractivity contribution in [1.29, 1.82) is 0 Å². The number of nitrogens with two attached hydrogens (primary N) is 1. The van der Waals surface area contributed by atoms with Crippen LogP contribution in [0.5, 0.6) is 5.95 Å². The van der Waals surface area contributed by atoms with Gasteiger partial charge < -0.3 is 15.4 Å². The predicted molar refractivity (Wildman–Crippen MR) is 36.0 cm³/mol. The van der Waals surface area contributed by atoms with Gasteiger partial charge in [-0.1, -0.05) is 0 Å². The number of nitrogen functional groups attached to an aromatic ring is 1. The molecule has 0 aromatic carbocycles. The number of nitrogens with zero attached hydrogens (tertiary/aromatic N) is 1. The molecule has 0 saturated heterocycles. The maximum absolute atomic E-state index is 8.83. The van der Waals surface area contributed by atoms with E-state index >= 15 is 0 Å². The minimum atomic E-state index is -0.107. The average Bonchev–Trinajstić information content (AvgIpc) is 2.35. The molecular formula is C6H6N2O2. The van der Waals surface area contributed by atoms with Gasteiger partial charge in [0.2, 0.25) is 0 Å². The molecule has 3 N–H and O–H groups in total. The molecule has 0 spiro atoms. The molecule has 0 atom stereocenters. The van der Waals surface area contributed by atoms with Crippen molar-refractivity contribution >= 4 is 11.1 Å². The zero-order chi connectivity index (χ0) is 7.14. The molecule has 0 aliphatic heterocycles. The number of furan rings is 1. The number of hydrogen-bond acceptors (Lipinski definition) is 3. The van der Waals surface area contributed by atoms with E-state index in [0.29, 0.717) is 11.1 Å². The van der Waals surface area contributed by atoms with Gasteiger partial charge in [-0.2, -0.15) is 0 Å². The van der Waals surface area contributed by atoms with E-state index in [4.69, 9.17) is 15.4 Å². The van der Waals surface area contributed by atoms with E-state index in [1.807, 2.05) is 0 Å². The Morgan fingerprint density at radius 2 is 2.40 bits per heavy atom. The van der Waals surface area contributed by atoms with Crippen LogP contribution in [0.4, 0.5) is 0 Å². The molecule has 4 nitrogen and oxygen atoms in total. The van der Waals surface area contributed by atoms with Gasteiger partial charge in [-0.25, -0.2) is 0 Å². The fourth-order valence-electron chi connectivity index (χ4n) is 0.932. The zero-order valence-corrected chi connectivity index (χ0v) is 5.11. The molecule has 2 aromatic rings. The van der Waals surface area contributed by atoms with E-state index in [1.54, 1.807) is 12.3 Å². The molecular weight excluding hydrogens is 132 g/mol. The first-order valence-corrected chi connectivity index (χ1v) is 2.82. The van der Waals surface area contributed by atoms with Crippen LogP contribution in [0.3, 0.4) is 0 Å². The first-order valence-electron chi connectivity index (χ1n) is 2.82. The van der Waals surface area contributed by atoms with E-state index in [1.165, 1.54) is 10.7 Å². The summed E-state index contributed by atoms with van der Waals surface area (Å²) in [6, 6.07) is 3.16. The van der Waals surface area contributed by atoms with E-state index in [0.717, 1.165) is 0 Å². The highest BCUT2D eigenvalue weighted by atomic mass is 16.5. The van der Waals surface area contributed by atoms with Crippen LogP contribution in [0, 0.1) is 0 Å². The van der Waals surface area contributed by atoms with Gasteiger partial charge in [0.25, 0.3) is 5.95 Å². The highest BCUT2D eigenvalue weighted by molar-refractivity contribution is 5.75. The Hall–Kier alpha value is -1.58. The minimum Gasteiger partial charge on any atom is -0.481 e. The largest absolute Gasteiger partial charge is 0.481 e. The van der Waals surface area contributed by atoms with Crippen molar-refractivity contribution < 1.29 is 9.52 Å². The smallest absolute Gasteiger partial charge is 0.284 e. The van der Waals surface area contributed by atoms with Crippen molar-refractivity contribution in [1.82, 2.24) is 4.68 Å². The number of rotatable bonds is 0. The summed E-state index contributed by atoms with van der Waals surface area (Å²) in [5.41, 5.74) is 1.29. The summed E-state index contributed by atoms with van der Waals surface area (Å²) in [5, 5.41) is 8.83. The second kappa shape index (κ2) is 1.47. The lowest BCUT2D eigenvalue weighted by Gasteiger charge is -1.86. The quantitative estimate of drug-likeness (QED) is 0.525. The number of hydrogen-bond donors (Lipinski definition) is 2. The molecule has 0 aliphatic rings. The van der Waals surface area contributed by atoms with Gasteiger partial charge in [-0.15, -0.1) is 0 Å². The molecule has 2 heterocycles. The fourth-order valence-corrected chi connectivity index (χ4v) is 0.932. The second-order valence-corrected chi connectivity index (χ2v) is 2.06. The number of fused-ring (bicyclic) bond motifs is 1. The summed E-state index contributed by atoms with van der Waals surface area (Å²) in [5.74, 6) is 5.33. The molecule has 0 bridgehead atoms. The molecule has 0 fully saturated rings. The molecule has 10 heavy (non-hydrogen) atoms. The monoisotopic (exact) mass is 138 g/mol. The van der Waals surface area contributed by atoms with Crippen molar-refractivity contribution in [2.75, 3.05) is 5.84 Å². The second-order valence-electron chi connectivity index (χ2n) is 2.06. The average molecular weight is 138 g/mol. The predicted octanol–water partition coefficient (Wildman–Crippen LogP) is 0.654. The van der Waals surface area contributed by atoms with E-state index in [9.17, 15) is 0 Å². The molecule has 4 heteroatoms.